The number of benzene rings is 2. The largest absolute Gasteiger partial charge is 0.380 e. The van der Waals surface area contributed by atoms with Crippen molar-refractivity contribution in [1.82, 2.24) is 0 Å². The third-order valence-corrected chi connectivity index (χ3v) is 3.04. The normalized spacial score (nSPS) is 12.2. The summed E-state index contributed by atoms with van der Waals surface area (Å²) in [6, 6.07) is 11.1. The summed E-state index contributed by atoms with van der Waals surface area (Å²) >= 11 is 5.81. The van der Waals surface area contributed by atoms with Gasteiger partial charge in [0.15, 0.2) is 0 Å². The fourth-order valence-electron chi connectivity index (χ4n) is 1.90. The topological polar surface area (TPSA) is 12.0 Å². The van der Waals surface area contributed by atoms with Gasteiger partial charge in [-0.3, -0.25) is 0 Å². The standard InChI is InChI=1S/C15H14ClF2N/c1-10(8-11-2-4-12(16)5-3-11)19-15-7-6-13(17)9-14(15)18/h2-7,9-10,19H,8H2,1H3. The van der Waals surface area contributed by atoms with Crippen LogP contribution in [0.3, 0.4) is 0 Å². The van der Waals surface area contributed by atoms with Crippen LogP contribution in [-0.4, -0.2) is 6.04 Å². The first-order valence-corrected chi connectivity index (χ1v) is 6.38. The highest BCUT2D eigenvalue weighted by atomic mass is 35.5. The molecule has 2 rings (SSSR count). The van der Waals surface area contributed by atoms with Crippen LogP contribution in [0.1, 0.15) is 12.5 Å². The Balaban J connectivity index is 2.01. The highest BCUT2D eigenvalue weighted by Gasteiger charge is 2.08. The minimum atomic E-state index is -0.581. The van der Waals surface area contributed by atoms with E-state index in [1.165, 1.54) is 12.1 Å². The van der Waals surface area contributed by atoms with E-state index in [-0.39, 0.29) is 6.04 Å². The molecule has 2 aromatic rings. The fourth-order valence-corrected chi connectivity index (χ4v) is 2.02. The van der Waals surface area contributed by atoms with Crippen LogP contribution in [0.2, 0.25) is 5.02 Å². The smallest absolute Gasteiger partial charge is 0.149 e. The molecule has 0 radical (unpaired) electrons. The molecule has 0 saturated carbocycles. The quantitative estimate of drug-likeness (QED) is 0.859. The highest BCUT2D eigenvalue weighted by Crippen LogP contribution is 2.17. The van der Waals surface area contributed by atoms with Crippen molar-refractivity contribution in [2.45, 2.75) is 19.4 Å². The van der Waals surface area contributed by atoms with E-state index in [1.807, 2.05) is 31.2 Å². The number of rotatable bonds is 4. The Morgan fingerprint density at radius 2 is 1.79 bits per heavy atom. The molecule has 1 N–H and O–H groups in total. The summed E-state index contributed by atoms with van der Waals surface area (Å²) in [7, 11) is 0. The van der Waals surface area contributed by atoms with E-state index in [0.29, 0.717) is 10.7 Å². The van der Waals surface area contributed by atoms with Gasteiger partial charge in [0.05, 0.1) is 5.69 Å². The summed E-state index contributed by atoms with van der Waals surface area (Å²) in [5.41, 5.74) is 1.41. The van der Waals surface area contributed by atoms with Gasteiger partial charge in [-0.05, 0) is 43.2 Å². The first kappa shape index (κ1) is 13.8. The third-order valence-electron chi connectivity index (χ3n) is 2.79. The molecule has 0 aliphatic heterocycles. The molecule has 19 heavy (non-hydrogen) atoms. The average Bonchev–Trinajstić information content (AvgIpc) is 2.36. The number of anilines is 1. The molecule has 1 unspecified atom stereocenters. The number of nitrogens with one attached hydrogen (secondary N) is 1. The van der Waals surface area contributed by atoms with Gasteiger partial charge in [0.2, 0.25) is 0 Å². The molecule has 0 amide bonds. The SMILES string of the molecule is CC(Cc1ccc(Cl)cc1)Nc1ccc(F)cc1F. The predicted molar refractivity (Wildman–Crippen MR) is 74.6 cm³/mol. The Morgan fingerprint density at radius 3 is 2.42 bits per heavy atom. The summed E-state index contributed by atoms with van der Waals surface area (Å²) in [5.74, 6) is -1.16. The molecular weight excluding hydrogens is 268 g/mol. The molecular formula is C15H14ClF2N. The summed E-state index contributed by atoms with van der Waals surface area (Å²) in [6.45, 7) is 1.94. The van der Waals surface area contributed by atoms with Crippen LogP contribution in [0.15, 0.2) is 42.5 Å². The van der Waals surface area contributed by atoms with Crippen molar-refractivity contribution < 1.29 is 8.78 Å². The highest BCUT2D eigenvalue weighted by molar-refractivity contribution is 6.30. The van der Waals surface area contributed by atoms with Crippen LogP contribution in [0.5, 0.6) is 0 Å². The van der Waals surface area contributed by atoms with Gasteiger partial charge in [-0.15, -0.1) is 0 Å². The van der Waals surface area contributed by atoms with E-state index in [1.54, 1.807) is 0 Å². The van der Waals surface area contributed by atoms with Crippen molar-refractivity contribution >= 4 is 17.3 Å². The molecule has 4 heteroatoms. The Morgan fingerprint density at radius 1 is 1.11 bits per heavy atom. The molecule has 0 heterocycles. The maximum absolute atomic E-state index is 13.5. The van der Waals surface area contributed by atoms with E-state index in [4.69, 9.17) is 11.6 Å². The molecule has 0 aliphatic carbocycles. The van der Waals surface area contributed by atoms with Crippen molar-refractivity contribution in [2.24, 2.45) is 0 Å². The second-order valence-corrected chi connectivity index (χ2v) is 4.94. The monoisotopic (exact) mass is 281 g/mol. The van der Waals surface area contributed by atoms with Crippen molar-refractivity contribution in [3.63, 3.8) is 0 Å². The lowest BCUT2D eigenvalue weighted by Gasteiger charge is -2.16. The summed E-state index contributed by atoms with van der Waals surface area (Å²) in [4.78, 5) is 0. The van der Waals surface area contributed by atoms with Gasteiger partial charge in [0.25, 0.3) is 0 Å². The second kappa shape index (κ2) is 6.02. The Labute approximate surface area is 116 Å². The molecule has 1 nitrogen and oxygen atoms in total. The zero-order valence-electron chi connectivity index (χ0n) is 10.5. The molecule has 0 bridgehead atoms. The van der Waals surface area contributed by atoms with Gasteiger partial charge in [0.1, 0.15) is 11.6 Å². The summed E-state index contributed by atoms with van der Waals surface area (Å²) in [6.07, 6.45) is 0.730. The van der Waals surface area contributed by atoms with Gasteiger partial charge in [-0.2, -0.15) is 0 Å². The van der Waals surface area contributed by atoms with Crippen LogP contribution >= 0.6 is 11.6 Å². The Hall–Kier alpha value is -1.61. The number of halogens is 3. The van der Waals surface area contributed by atoms with Crippen LogP contribution in [0, 0.1) is 11.6 Å². The number of hydrogen-bond acceptors (Lipinski definition) is 1. The average molecular weight is 282 g/mol. The molecule has 0 aromatic heterocycles. The van der Waals surface area contributed by atoms with Crippen LogP contribution in [-0.2, 0) is 6.42 Å². The lowest BCUT2D eigenvalue weighted by Crippen LogP contribution is -2.18. The lowest BCUT2D eigenvalue weighted by molar-refractivity contribution is 0.583. The van der Waals surface area contributed by atoms with Gasteiger partial charge in [-0.1, -0.05) is 23.7 Å². The van der Waals surface area contributed by atoms with Crippen molar-refractivity contribution in [2.75, 3.05) is 5.32 Å². The van der Waals surface area contributed by atoms with Crippen molar-refractivity contribution in [1.29, 1.82) is 0 Å². The fraction of sp³-hybridized carbons (Fsp3) is 0.200. The van der Waals surface area contributed by atoms with E-state index in [0.717, 1.165) is 18.1 Å². The first-order valence-electron chi connectivity index (χ1n) is 6.00. The zero-order valence-corrected chi connectivity index (χ0v) is 11.2. The Kier molecular flexibility index (Phi) is 4.38. The van der Waals surface area contributed by atoms with E-state index < -0.39 is 11.6 Å². The molecule has 0 spiro atoms. The maximum Gasteiger partial charge on any atom is 0.149 e. The van der Waals surface area contributed by atoms with Crippen molar-refractivity contribution in [3.05, 3.63) is 64.7 Å². The molecule has 1 atom stereocenters. The van der Waals surface area contributed by atoms with E-state index >= 15 is 0 Å². The van der Waals surface area contributed by atoms with E-state index in [9.17, 15) is 8.78 Å². The van der Waals surface area contributed by atoms with Crippen molar-refractivity contribution in [3.8, 4) is 0 Å². The molecule has 0 fully saturated rings. The minimum absolute atomic E-state index is 0.0288. The van der Waals surface area contributed by atoms with Gasteiger partial charge in [-0.25, -0.2) is 8.78 Å². The minimum Gasteiger partial charge on any atom is -0.380 e. The molecule has 0 aliphatic rings. The molecule has 100 valence electrons. The molecule has 0 saturated heterocycles. The molecule has 2 aromatic carbocycles. The lowest BCUT2D eigenvalue weighted by atomic mass is 10.1. The summed E-state index contributed by atoms with van der Waals surface area (Å²) in [5, 5.41) is 3.71. The van der Waals surface area contributed by atoms with Crippen LogP contribution in [0.4, 0.5) is 14.5 Å². The number of hydrogen-bond donors (Lipinski definition) is 1. The second-order valence-electron chi connectivity index (χ2n) is 4.50. The van der Waals surface area contributed by atoms with Gasteiger partial charge < -0.3 is 5.32 Å². The summed E-state index contributed by atoms with van der Waals surface area (Å²) < 4.78 is 26.3. The van der Waals surface area contributed by atoms with Crippen LogP contribution < -0.4 is 5.32 Å². The maximum atomic E-state index is 13.5. The first-order chi connectivity index (χ1) is 9.04. The van der Waals surface area contributed by atoms with E-state index in [2.05, 4.69) is 5.32 Å². The Bertz CT molecular complexity index is 555. The van der Waals surface area contributed by atoms with Gasteiger partial charge in [0, 0.05) is 17.1 Å². The van der Waals surface area contributed by atoms with Gasteiger partial charge >= 0.3 is 0 Å². The van der Waals surface area contributed by atoms with Crippen LogP contribution in [0.25, 0.3) is 0 Å². The predicted octanol–water partition coefficient (Wildman–Crippen LogP) is 4.66. The third kappa shape index (κ3) is 3.93. The zero-order chi connectivity index (χ0) is 13.8.